The number of halogens is 3. The van der Waals surface area contributed by atoms with E-state index in [1.165, 1.54) is 12.1 Å². The van der Waals surface area contributed by atoms with E-state index >= 15 is 0 Å². The highest BCUT2D eigenvalue weighted by molar-refractivity contribution is 6.06. The molecule has 1 aliphatic heterocycles. The summed E-state index contributed by atoms with van der Waals surface area (Å²) in [5.41, 5.74) is 2.14. The Labute approximate surface area is 187 Å². The maximum Gasteiger partial charge on any atom is 0.573 e. The molecule has 2 aromatic carbocycles. The Morgan fingerprint density at radius 3 is 2.33 bits per heavy atom. The molecule has 0 radical (unpaired) electrons. The fourth-order valence-electron chi connectivity index (χ4n) is 3.76. The number of rotatable bonds is 5. The standard InChI is InChI=1S/C23H19F3N4O3/c1-13-19(21(31)28-16-6-10-18(11-7-16)33-23(24,25)26)20(15-4-2-14(12-27)3-5-15)29-22(32)30(13)17-8-9-17/h2-7,10-11,17,20H,8-9H2,1H3,(H,28,31)(H,29,32). The summed E-state index contributed by atoms with van der Waals surface area (Å²) in [7, 11) is 0. The quantitative estimate of drug-likeness (QED) is 0.688. The van der Waals surface area contributed by atoms with E-state index in [2.05, 4.69) is 15.4 Å². The highest BCUT2D eigenvalue weighted by Gasteiger charge is 2.42. The molecule has 2 aliphatic rings. The summed E-state index contributed by atoms with van der Waals surface area (Å²) in [5, 5.41) is 14.6. The lowest BCUT2D eigenvalue weighted by atomic mass is 9.93. The van der Waals surface area contributed by atoms with Crippen molar-refractivity contribution in [1.29, 1.82) is 5.26 Å². The number of nitriles is 1. The molecule has 0 saturated heterocycles. The van der Waals surface area contributed by atoms with Crippen molar-refractivity contribution >= 4 is 17.6 Å². The molecule has 1 heterocycles. The lowest BCUT2D eigenvalue weighted by Crippen LogP contribution is -2.49. The molecular formula is C23H19F3N4O3. The summed E-state index contributed by atoms with van der Waals surface area (Å²) in [6.07, 6.45) is -3.14. The predicted molar refractivity (Wildman–Crippen MR) is 112 cm³/mol. The van der Waals surface area contributed by atoms with Gasteiger partial charge in [-0.25, -0.2) is 4.79 Å². The van der Waals surface area contributed by atoms with Crippen molar-refractivity contribution in [3.63, 3.8) is 0 Å². The molecule has 0 aromatic heterocycles. The monoisotopic (exact) mass is 456 g/mol. The molecule has 0 spiro atoms. The van der Waals surface area contributed by atoms with Gasteiger partial charge in [-0.3, -0.25) is 9.69 Å². The number of nitrogens with zero attached hydrogens (tertiary/aromatic N) is 2. The Kier molecular flexibility index (Phi) is 5.72. The second-order valence-electron chi connectivity index (χ2n) is 7.74. The summed E-state index contributed by atoms with van der Waals surface area (Å²) in [4.78, 5) is 27.6. The Morgan fingerprint density at radius 1 is 1.15 bits per heavy atom. The minimum atomic E-state index is -4.81. The topological polar surface area (TPSA) is 94.5 Å². The largest absolute Gasteiger partial charge is 0.573 e. The van der Waals surface area contributed by atoms with E-state index in [-0.39, 0.29) is 17.8 Å². The van der Waals surface area contributed by atoms with Gasteiger partial charge < -0.3 is 15.4 Å². The maximum absolute atomic E-state index is 13.3. The Balaban J connectivity index is 1.63. The van der Waals surface area contributed by atoms with E-state index < -0.39 is 24.1 Å². The van der Waals surface area contributed by atoms with Gasteiger partial charge in [0.25, 0.3) is 5.91 Å². The molecule has 1 fully saturated rings. The lowest BCUT2D eigenvalue weighted by Gasteiger charge is -2.36. The number of nitrogens with one attached hydrogen (secondary N) is 2. The van der Waals surface area contributed by atoms with Gasteiger partial charge in [-0.15, -0.1) is 13.2 Å². The van der Waals surface area contributed by atoms with E-state index in [1.807, 2.05) is 6.07 Å². The van der Waals surface area contributed by atoms with Crippen LogP contribution in [0.5, 0.6) is 5.75 Å². The summed E-state index contributed by atoms with van der Waals surface area (Å²) < 4.78 is 41.0. The smallest absolute Gasteiger partial charge is 0.406 e. The van der Waals surface area contributed by atoms with Gasteiger partial charge in [-0.05, 0) is 61.7 Å². The summed E-state index contributed by atoms with van der Waals surface area (Å²) in [6, 6.07) is 12.3. The zero-order valence-electron chi connectivity index (χ0n) is 17.4. The fraction of sp³-hybridized carbons (Fsp3) is 0.261. The van der Waals surface area contributed by atoms with Crippen LogP contribution in [0.3, 0.4) is 0 Å². The number of urea groups is 1. The van der Waals surface area contributed by atoms with E-state index in [4.69, 9.17) is 5.26 Å². The number of allylic oxidation sites excluding steroid dienone is 1. The first-order valence-corrected chi connectivity index (χ1v) is 10.1. The van der Waals surface area contributed by atoms with Crippen LogP contribution < -0.4 is 15.4 Å². The molecule has 33 heavy (non-hydrogen) atoms. The number of ether oxygens (including phenoxy) is 1. The molecule has 0 bridgehead atoms. The van der Waals surface area contributed by atoms with E-state index in [0.29, 0.717) is 22.4 Å². The van der Waals surface area contributed by atoms with Crippen molar-refractivity contribution in [1.82, 2.24) is 10.2 Å². The van der Waals surface area contributed by atoms with Gasteiger partial charge in [0.15, 0.2) is 0 Å². The van der Waals surface area contributed by atoms with Gasteiger partial charge in [0.05, 0.1) is 23.2 Å². The van der Waals surface area contributed by atoms with Crippen LogP contribution in [-0.4, -0.2) is 29.2 Å². The molecule has 1 aliphatic carbocycles. The fourth-order valence-corrected chi connectivity index (χ4v) is 3.76. The zero-order chi connectivity index (χ0) is 23.8. The maximum atomic E-state index is 13.3. The predicted octanol–water partition coefficient (Wildman–Crippen LogP) is 4.60. The second-order valence-corrected chi connectivity index (χ2v) is 7.74. The highest BCUT2D eigenvalue weighted by Crippen LogP contribution is 2.38. The number of carbonyl (C=O) groups excluding carboxylic acids is 2. The number of carbonyl (C=O) groups is 2. The van der Waals surface area contributed by atoms with Crippen LogP contribution in [0.25, 0.3) is 0 Å². The Bertz CT molecular complexity index is 1150. The molecular weight excluding hydrogens is 437 g/mol. The Morgan fingerprint density at radius 2 is 1.79 bits per heavy atom. The lowest BCUT2D eigenvalue weighted by molar-refractivity contribution is -0.274. The highest BCUT2D eigenvalue weighted by atomic mass is 19.4. The third-order valence-electron chi connectivity index (χ3n) is 5.40. The first-order valence-electron chi connectivity index (χ1n) is 10.1. The average Bonchev–Trinajstić information content (AvgIpc) is 3.59. The molecule has 1 saturated carbocycles. The molecule has 2 aromatic rings. The first-order chi connectivity index (χ1) is 15.7. The minimum absolute atomic E-state index is 0.0218. The molecule has 170 valence electrons. The number of hydrogen-bond donors (Lipinski definition) is 2. The van der Waals surface area contributed by atoms with Crippen LogP contribution in [-0.2, 0) is 4.79 Å². The van der Waals surface area contributed by atoms with Crippen molar-refractivity contribution in [2.75, 3.05) is 5.32 Å². The summed E-state index contributed by atoms with van der Waals surface area (Å²) in [5.74, 6) is -0.909. The molecule has 3 amide bonds. The van der Waals surface area contributed by atoms with E-state index in [9.17, 15) is 22.8 Å². The van der Waals surface area contributed by atoms with Gasteiger partial charge >= 0.3 is 12.4 Å². The van der Waals surface area contributed by atoms with E-state index in [0.717, 1.165) is 25.0 Å². The zero-order valence-corrected chi connectivity index (χ0v) is 17.4. The van der Waals surface area contributed by atoms with E-state index in [1.54, 1.807) is 36.1 Å². The minimum Gasteiger partial charge on any atom is -0.406 e. The van der Waals surface area contributed by atoms with Crippen LogP contribution in [0.15, 0.2) is 59.8 Å². The van der Waals surface area contributed by atoms with Crippen molar-refractivity contribution in [2.24, 2.45) is 0 Å². The number of anilines is 1. The summed E-state index contributed by atoms with van der Waals surface area (Å²) in [6.45, 7) is 1.70. The summed E-state index contributed by atoms with van der Waals surface area (Å²) >= 11 is 0. The average molecular weight is 456 g/mol. The first kappa shape index (κ1) is 22.2. The van der Waals surface area contributed by atoms with Crippen LogP contribution in [0.2, 0.25) is 0 Å². The molecule has 4 rings (SSSR count). The van der Waals surface area contributed by atoms with Crippen LogP contribution >= 0.6 is 0 Å². The van der Waals surface area contributed by atoms with Crippen molar-refractivity contribution < 1.29 is 27.5 Å². The van der Waals surface area contributed by atoms with Gasteiger partial charge in [-0.2, -0.15) is 5.26 Å². The Hall–Kier alpha value is -4.00. The molecule has 1 atom stereocenters. The van der Waals surface area contributed by atoms with Gasteiger partial charge in [0.2, 0.25) is 0 Å². The number of benzene rings is 2. The van der Waals surface area contributed by atoms with Gasteiger partial charge in [0, 0.05) is 17.4 Å². The van der Waals surface area contributed by atoms with Crippen LogP contribution in [0, 0.1) is 11.3 Å². The third-order valence-corrected chi connectivity index (χ3v) is 5.40. The van der Waals surface area contributed by atoms with Crippen molar-refractivity contribution in [2.45, 2.75) is 38.2 Å². The van der Waals surface area contributed by atoms with Gasteiger partial charge in [-0.1, -0.05) is 12.1 Å². The molecule has 1 unspecified atom stereocenters. The van der Waals surface area contributed by atoms with Crippen molar-refractivity contribution in [3.05, 3.63) is 70.9 Å². The van der Waals surface area contributed by atoms with Crippen LogP contribution in [0.1, 0.15) is 36.9 Å². The number of hydrogen-bond acceptors (Lipinski definition) is 4. The van der Waals surface area contributed by atoms with Crippen LogP contribution in [0.4, 0.5) is 23.7 Å². The molecule has 10 heteroatoms. The normalized spacial score (nSPS) is 18.5. The third kappa shape index (κ3) is 4.92. The molecule has 7 nitrogen and oxygen atoms in total. The SMILES string of the molecule is CC1=C(C(=O)Nc2ccc(OC(F)(F)F)cc2)C(c2ccc(C#N)cc2)NC(=O)N1C1CC1. The van der Waals surface area contributed by atoms with Gasteiger partial charge in [0.1, 0.15) is 5.75 Å². The number of amides is 3. The molecule has 2 N–H and O–H groups in total. The van der Waals surface area contributed by atoms with Crippen molar-refractivity contribution in [3.8, 4) is 11.8 Å². The second kappa shape index (κ2) is 8.50. The number of alkyl halides is 3.